The van der Waals surface area contributed by atoms with Crippen molar-refractivity contribution in [1.82, 2.24) is 4.90 Å². The van der Waals surface area contributed by atoms with Crippen LogP contribution in [0.15, 0.2) is 0 Å². The highest BCUT2D eigenvalue weighted by Crippen LogP contribution is 2.24. The van der Waals surface area contributed by atoms with Gasteiger partial charge in [0.25, 0.3) is 0 Å². The lowest BCUT2D eigenvalue weighted by Crippen LogP contribution is -2.40. The van der Waals surface area contributed by atoms with Crippen molar-refractivity contribution < 1.29 is 9.90 Å². The predicted octanol–water partition coefficient (Wildman–Crippen LogP) is 4.31. The fraction of sp³-hybridized carbons (Fsp3) is 0.941. The molecule has 1 saturated heterocycles. The minimum Gasteiger partial charge on any atom is -0.481 e. The molecule has 1 fully saturated rings. The SMILES string of the molecule is CCCCCCCC(C)N1CCC(CCC(=O)O)CC1. The Kier molecular flexibility index (Phi) is 8.92. The van der Waals surface area contributed by atoms with Crippen LogP contribution in [-0.4, -0.2) is 35.1 Å². The normalized spacial score (nSPS) is 19.1. The molecule has 118 valence electrons. The summed E-state index contributed by atoms with van der Waals surface area (Å²) >= 11 is 0. The van der Waals surface area contributed by atoms with Crippen LogP contribution in [0.3, 0.4) is 0 Å². The zero-order chi connectivity index (χ0) is 14.8. The number of carboxylic acids is 1. The predicted molar refractivity (Wildman–Crippen MR) is 84.0 cm³/mol. The molecule has 1 aliphatic rings. The summed E-state index contributed by atoms with van der Waals surface area (Å²) in [6, 6.07) is 0.706. The Morgan fingerprint density at radius 1 is 1.20 bits per heavy atom. The first-order valence-corrected chi connectivity index (χ1v) is 8.59. The molecule has 0 amide bonds. The third-order valence-corrected chi connectivity index (χ3v) is 4.76. The van der Waals surface area contributed by atoms with E-state index in [-0.39, 0.29) is 0 Å². The van der Waals surface area contributed by atoms with Crippen molar-refractivity contribution in [2.24, 2.45) is 5.92 Å². The lowest BCUT2D eigenvalue weighted by molar-refractivity contribution is -0.137. The third kappa shape index (κ3) is 7.28. The molecule has 0 saturated carbocycles. The Labute approximate surface area is 124 Å². The highest BCUT2D eigenvalue weighted by atomic mass is 16.4. The Balaban J connectivity index is 2.09. The zero-order valence-electron chi connectivity index (χ0n) is 13.4. The van der Waals surface area contributed by atoms with E-state index in [1.54, 1.807) is 0 Å². The summed E-state index contributed by atoms with van der Waals surface area (Å²) in [7, 11) is 0. The number of carboxylic acid groups (broad SMARTS) is 1. The summed E-state index contributed by atoms with van der Waals surface area (Å²) in [6.45, 7) is 6.95. The van der Waals surface area contributed by atoms with Gasteiger partial charge in [-0.25, -0.2) is 0 Å². The molecule has 3 heteroatoms. The fourth-order valence-electron chi connectivity index (χ4n) is 3.24. The van der Waals surface area contributed by atoms with E-state index < -0.39 is 5.97 Å². The monoisotopic (exact) mass is 283 g/mol. The van der Waals surface area contributed by atoms with E-state index in [0.29, 0.717) is 18.4 Å². The van der Waals surface area contributed by atoms with Crippen molar-refractivity contribution in [3.05, 3.63) is 0 Å². The van der Waals surface area contributed by atoms with E-state index in [2.05, 4.69) is 18.7 Å². The molecule has 1 rings (SSSR count). The van der Waals surface area contributed by atoms with Crippen LogP contribution in [0.1, 0.15) is 78.1 Å². The molecule has 1 atom stereocenters. The van der Waals surface area contributed by atoms with Gasteiger partial charge in [-0.3, -0.25) is 4.79 Å². The molecule has 3 nitrogen and oxygen atoms in total. The van der Waals surface area contributed by atoms with Gasteiger partial charge in [0.15, 0.2) is 0 Å². The van der Waals surface area contributed by atoms with Gasteiger partial charge in [-0.1, -0.05) is 39.0 Å². The molecule has 0 radical (unpaired) electrons. The number of hydrogen-bond acceptors (Lipinski definition) is 2. The van der Waals surface area contributed by atoms with E-state index in [4.69, 9.17) is 5.11 Å². The Morgan fingerprint density at radius 2 is 1.85 bits per heavy atom. The van der Waals surface area contributed by atoms with Crippen LogP contribution < -0.4 is 0 Å². The Morgan fingerprint density at radius 3 is 2.45 bits per heavy atom. The lowest BCUT2D eigenvalue weighted by Gasteiger charge is -2.36. The second kappa shape index (κ2) is 10.2. The number of nitrogens with zero attached hydrogens (tertiary/aromatic N) is 1. The third-order valence-electron chi connectivity index (χ3n) is 4.76. The van der Waals surface area contributed by atoms with E-state index in [0.717, 1.165) is 6.42 Å². The van der Waals surface area contributed by atoms with Gasteiger partial charge < -0.3 is 10.0 Å². The van der Waals surface area contributed by atoms with Gasteiger partial charge in [0.2, 0.25) is 0 Å². The second-order valence-electron chi connectivity index (χ2n) is 6.46. The van der Waals surface area contributed by atoms with Crippen molar-refractivity contribution >= 4 is 5.97 Å². The summed E-state index contributed by atoms with van der Waals surface area (Å²) in [4.78, 5) is 13.2. The molecule has 0 aromatic carbocycles. The molecule has 0 aromatic heterocycles. The number of likely N-dealkylation sites (tertiary alicyclic amines) is 1. The average Bonchev–Trinajstić information content (AvgIpc) is 2.45. The number of hydrogen-bond donors (Lipinski definition) is 1. The van der Waals surface area contributed by atoms with Gasteiger partial charge >= 0.3 is 5.97 Å². The molecule has 1 aliphatic heterocycles. The first-order chi connectivity index (χ1) is 9.63. The van der Waals surface area contributed by atoms with Crippen LogP contribution >= 0.6 is 0 Å². The maximum atomic E-state index is 10.6. The number of rotatable bonds is 10. The van der Waals surface area contributed by atoms with Crippen molar-refractivity contribution in [2.75, 3.05) is 13.1 Å². The van der Waals surface area contributed by atoms with E-state index in [1.807, 2.05) is 0 Å². The van der Waals surface area contributed by atoms with Crippen molar-refractivity contribution in [1.29, 1.82) is 0 Å². The standard InChI is InChI=1S/C17H33NO2/c1-3-4-5-6-7-8-15(2)18-13-11-16(12-14-18)9-10-17(19)20/h15-16H,3-14H2,1-2H3,(H,19,20). The fourth-order valence-corrected chi connectivity index (χ4v) is 3.24. The van der Waals surface area contributed by atoms with Gasteiger partial charge in [0, 0.05) is 12.5 Å². The summed E-state index contributed by atoms with van der Waals surface area (Å²) in [5.41, 5.74) is 0. The second-order valence-corrected chi connectivity index (χ2v) is 6.46. The molecule has 1 N–H and O–H groups in total. The number of piperidine rings is 1. The van der Waals surface area contributed by atoms with Crippen LogP contribution in [0.2, 0.25) is 0 Å². The molecular formula is C17H33NO2. The first-order valence-electron chi connectivity index (χ1n) is 8.59. The van der Waals surface area contributed by atoms with E-state index in [9.17, 15) is 4.79 Å². The van der Waals surface area contributed by atoms with Crippen LogP contribution in [-0.2, 0) is 4.79 Å². The largest absolute Gasteiger partial charge is 0.481 e. The van der Waals surface area contributed by atoms with Gasteiger partial charge in [-0.15, -0.1) is 0 Å². The van der Waals surface area contributed by atoms with Crippen molar-refractivity contribution in [3.63, 3.8) is 0 Å². The molecule has 0 aromatic rings. The summed E-state index contributed by atoms with van der Waals surface area (Å²) in [6.07, 6.45) is 11.7. The average molecular weight is 283 g/mol. The molecule has 0 bridgehead atoms. The first kappa shape index (κ1) is 17.5. The van der Waals surface area contributed by atoms with Gasteiger partial charge in [0.05, 0.1) is 0 Å². The summed E-state index contributed by atoms with van der Waals surface area (Å²) in [5, 5.41) is 8.73. The quantitative estimate of drug-likeness (QED) is 0.607. The molecule has 0 aliphatic carbocycles. The smallest absolute Gasteiger partial charge is 0.303 e. The van der Waals surface area contributed by atoms with Crippen LogP contribution in [0, 0.1) is 5.92 Å². The van der Waals surface area contributed by atoms with Gasteiger partial charge in [-0.05, 0) is 51.6 Å². The summed E-state index contributed by atoms with van der Waals surface area (Å²) < 4.78 is 0. The van der Waals surface area contributed by atoms with Crippen LogP contribution in [0.4, 0.5) is 0 Å². The number of carbonyl (C=O) groups is 1. The van der Waals surface area contributed by atoms with Gasteiger partial charge in [0.1, 0.15) is 0 Å². The Hall–Kier alpha value is -0.570. The highest BCUT2D eigenvalue weighted by molar-refractivity contribution is 5.66. The maximum absolute atomic E-state index is 10.6. The van der Waals surface area contributed by atoms with E-state index >= 15 is 0 Å². The molecule has 20 heavy (non-hydrogen) atoms. The summed E-state index contributed by atoms with van der Waals surface area (Å²) in [5.74, 6) is -0.00742. The highest BCUT2D eigenvalue weighted by Gasteiger charge is 2.22. The van der Waals surface area contributed by atoms with Crippen LogP contribution in [0.5, 0.6) is 0 Å². The Bertz CT molecular complexity index is 260. The minimum absolute atomic E-state index is 0.345. The topological polar surface area (TPSA) is 40.5 Å². The lowest BCUT2D eigenvalue weighted by atomic mass is 9.91. The molecule has 1 heterocycles. The van der Waals surface area contributed by atoms with Gasteiger partial charge in [-0.2, -0.15) is 0 Å². The minimum atomic E-state index is -0.645. The number of aliphatic carboxylic acids is 1. The molecule has 0 spiro atoms. The number of unbranched alkanes of at least 4 members (excludes halogenated alkanes) is 4. The van der Waals surface area contributed by atoms with Crippen molar-refractivity contribution in [3.8, 4) is 0 Å². The van der Waals surface area contributed by atoms with E-state index in [1.165, 1.54) is 64.5 Å². The van der Waals surface area contributed by atoms with Crippen LogP contribution in [0.25, 0.3) is 0 Å². The molecule has 1 unspecified atom stereocenters. The zero-order valence-corrected chi connectivity index (χ0v) is 13.4. The maximum Gasteiger partial charge on any atom is 0.303 e. The van der Waals surface area contributed by atoms with Crippen molar-refractivity contribution in [2.45, 2.75) is 84.1 Å². The molecular weight excluding hydrogens is 250 g/mol.